The molecule has 19 heavy (non-hydrogen) atoms. The van der Waals surface area contributed by atoms with Crippen molar-refractivity contribution in [2.45, 2.75) is 19.9 Å². The number of likely N-dealkylation sites (N-methyl/N-ethyl adjacent to an activating group) is 1. The Morgan fingerprint density at radius 1 is 1.37 bits per heavy atom. The molecule has 1 heterocycles. The molecule has 1 aromatic heterocycles. The number of halogens is 1. The molecule has 2 aromatic rings. The van der Waals surface area contributed by atoms with E-state index in [9.17, 15) is 0 Å². The Kier molecular flexibility index (Phi) is 4.33. The summed E-state index contributed by atoms with van der Waals surface area (Å²) in [6.07, 6.45) is 0. The summed E-state index contributed by atoms with van der Waals surface area (Å²) in [6.45, 7) is 5.41. The number of H-pyrrole nitrogens is 1. The Morgan fingerprint density at radius 2 is 2.05 bits per heavy atom. The Bertz CT molecular complexity index is 627. The predicted molar refractivity (Wildman–Crippen MR) is 84.6 cm³/mol. The molecular weight excluding hydrogens is 278 g/mol. The highest BCUT2D eigenvalue weighted by Crippen LogP contribution is 2.26. The number of rotatable bonds is 4. The maximum atomic E-state index is 6.04. The van der Waals surface area contributed by atoms with Crippen LogP contribution in [0.5, 0.6) is 0 Å². The molecule has 0 saturated heterocycles. The van der Waals surface area contributed by atoms with Crippen molar-refractivity contribution in [3.8, 4) is 0 Å². The van der Waals surface area contributed by atoms with Crippen molar-refractivity contribution in [1.82, 2.24) is 14.5 Å². The molecule has 0 bridgehead atoms. The van der Waals surface area contributed by atoms with Gasteiger partial charge in [0.2, 0.25) is 0 Å². The normalized spacial score (nSPS) is 13.6. The summed E-state index contributed by atoms with van der Waals surface area (Å²) in [5, 5.41) is 0.726. The highest BCUT2D eigenvalue weighted by atomic mass is 35.5. The van der Waals surface area contributed by atoms with Crippen LogP contribution in [0, 0.1) is 10.7 Å². The van der Waals surface area contributed by atoms with Crippen LogP contribution < -0.4 is 0 Å². The Morgan fingerprint density at radius 3 is 2.63 bits per heavy atom. The zero-order chi connectivity index (χ0) is 14.2. The number of imidazole rings is 1. The summed E-state index contributed by atoms with van der Waals surface area (Å²) in [6, 6.07) is 6.22. The molecule has 1 unspecified atom stereocenters. The van der Waals surface area contributed by atoms with E-state index in [-0.39, 0.29) is 0 Å². The fourth-order valence-corrected chi connectivity index (χ4v) is 2.91. The second-order valence-electron chi connectivity index (χ2n) is 5.54. The van der Waals surface area contributed by atoms with E-state index in [0.717, 1.165) is 27.4 Å². The summed E-state index contributed by atoms with van der Waals surface area (Å²) in [5.74, 6) is 0.503. The number of nitrogens with one attached hydrogen (secondary N) is 1. The number of benzene rings is 1. The number of aromatic nitrogens is 2. The summed E-state index contributed by atoms with van der Waals surface area (Å²) < 4.78 is 2.98. The number of hydrogen-bond donors (Lipinski definition) is 1. The number of fused-ring (bicyclic) bond motifs is 1. The van der Waals surface area contributed by atoms with Gasteiger partial charge in [-0.2, -0.15) is 0 Å². The van der Waals surface area contributed by atoms with Crippen LogP contribution in [-0.2, 0) is 0 Å². The number of aromatic amines is 1. The lowest BCUT2D eigenvalue weighted by Crippen LogP contribution is -2.28. The second kappa shape index (κ2) is 5.65. The van der Waals surface area contributed by atoms with Gasteiger partial charge in [0, 0.05) is 11.6 Å². The summed E-state index contributed by atoms with van der Waals surface area (Å²) in [7, 11) is 4.18. The molecule has 0 aliphatic carbocycles. The van der Waals surface area contributed by atoms with Crippen LogP contribution in [0.25, 0.3) is 11.0 Å². The minimum absolute atomic E-state index is 0.345. The Labute approximate surface area is 124 Å². The molecule has 0 spiro atoms. The van der Waals surface area contributed by atoms with Crippen molar-refractivity contribution in [3.05, 3.63) is 28.0 Å². The largest absolute Gasteiger partial charge is 0.331 e. The van der Waals surface area contributed by atoms with Gasteiger partial charge in [0.25, 0.3) is 0 Å². The summed E-state index contributed by atoms with van der Waals surface area (Å²) >= 11 is 11.5. The van der Waals surface area contributed by atoms with E-state index in [1.165, 1.54) is 0 Å². The third-order valence-electron chi connectivity index (χ3n) is 3.33. The Balaban J connectivity index is 2.59. The molecule has 2 rings (SSSR count). The van der Waals surface area contributed by atoms with E-state index in [4.69, 9.17) is 23.8 Å². The lowest BCUT2D eigenvalue weighted by Gasteiger charge is -2.26. The molecule has 0 aliphatic heterocycles. The van der Waals surface area contributed by atoms with Crippen LogP contribution in [-0.4, -0.2) is 35.1 Å². The van der Waals surface area contributed by atoms with Crippen molar-refractivity contribution in [2.24, 2.45) is 5.92 Å². The van der Waals surface area contributed by atoms with Crippen molar-refractivity contribution in [3.63, 3.8) is 0 Å². The molecule has 0 amide bonds. The number of nitrogens with zero attached hydrogens (tertiary/aromatic N) is 2. The summed E-state index contributed by atoms with van der Waals surface area (Å²) in [5.41, 5.74) is 2.12. The number of hydrogen-bond acceptors (Lipinski definition) is 2. The molecule has 1 aromatic carbocycles. The van der Waals surface area contributed by atoms with Crippen LogP contribution >= 0.6 is 23.8 Å². The maximum absolute atomic E-state index is 6.04. The SMILES string of the molecule is CC(C)C(CN(C)C)n1c(=S)[nH]c2cc(Cl)ccc21. The molecule has 104 valence electrons. The van der Waals surface area contributed by atoms with Gasteiger partial charge in [0.1, 0.15) is 0 Å². The van der Waals surface area contributed by atoms with E-state index in [2.05, 4.69) is 42.4 Å². The highest BCUT2D eigenvalue weighted by molar-refractivity contribution is 7.71. The first kappa shape index (κ1) is 14.6. The minimum atomic E-state index is 0.345. The molecule has 0 aliphatic rings. The standard InChI is InChI=1S/C14H20ClN3S/c1-9(2)13(8-17(3)4)18-12-6-5-10(15)7-11(12)16-14(18)19/h5-7,9,13H,8H2,1-4H3,(H,16,19). The van der Waals surface area contributed by atoms with Gasteiger partial charge in [-0.1, -0.05) is 25.4 Å². The molecule has 0 fully saturated rings. The minimum Gasteiger partial charge on any atom is -0.331 e. The first-order chi connectivity index (χ1) is 8.90. The first-order valence-corrected chi connectivity index (χ1v) is 7.23. The van der Waals surface area contributed by atoms with Crippen molar-refractivity contribution >= 4 is 34.9 Å². The quantitative estimate of drug-likeness (QED) is 0.859. The maximum Gasteiger partial charge on any atom is 0.178 e. The van der Waals surface area contributed by atoms with Crippen molar-refractivity contribution < 1.29 is 0 Å². The summed E-state index contributed by atoms with van der Waals surface area (Å²) in [4.78, 5) is 5.45. The fourth-order valence-electron chi connectivity index (χ4n) is 2.40. The van der Waals surface area contributed by atoms with Gasteiger partial charge in [-0.05, 0) is 50.4 Å². The smallest absolute Gasteiger partial charge is 0.178 e. The van der Waals surface area contributed by atoms with Gasteiger partial charge in [0.15, 0.2) is 4.77 Å². The average molecular weight is 298 g/mol. The van der Waals surface area contributed by atoms with Gasteiger partial charge in [-0.25, -0.2) is 0 Å². The van der Waals surface area contributed by atoms with Gasteiger partial charge < -0.3 is 14.5 Å². The van der Waals surface area contributed by atoms with Crippen LogP contribution in [0.1, 0.15) is 19.9 Å². The lowest BCUT2D eigenvalue weighted by molar-refractivity contribution is 0.272. The Hall–Kier alpha value is -0.840. The van der Waals surface area contributed by atoms with E-state index >= 15 is 0 Å². The molecule has 5 heteroatoms. The van der Waals surface area contributed by atoms with Crippen LogP contribution in [0.15, 0.2) is 18.2 Å². The molecule has 1 N–H and O–H groups in total. The molecule has 3 nitrogen and oxygen atoms in total. The zero-order valence-corrected chi connectivity index (χ0v) is 13.3. The van der Waals surface area contributed by atoms with E-state index < -0.39 is 0 Å². The van der Waals surface area contributed by atoms with Crippen molar-refractivity contribution in [2.75, 3.05) is 20.6 Å². The molecule has 1 atom stereocenters. The van der Waals surface area contributed by atoms with E-state index in [0.29, 0.717) is 12.0 Å². The van der Waals surface area contributed by atoms with Crippen LogP contribution in [0.3, 0.4) is 0 Å². The first-order valence-electron chi connectivity index (χ1n) is 6.44. The predicted octanol–water partition coefficient (Wildman–Crippen LogP) is 4.11. The van der Waals surface area contributed by atoms with Crippen LogP contribution in [0.2, 0.25) is 5.02 Å². The van der Waals surface area contributed by atoms with Gasteiger partial charge >= 0.3 is 0 Å². The fraction of sp³-hybridized carbons (Fsp3) is 0.500. The zero-order valence-electron chi connectivity index (χ0n) is 11.8. The third-order valence-corrected chi connectivity index (χ3v) is 3.87. The van der Waals surface area contributed by atoms with E-state index in [1.807, 2.05) is 18.2 Å². The molecule has 0 radical (unpaired) electrons. The topological polar surface area (TPSA) is 24.0 Å². The third kappa shape index (κ3) is 3.02. The van der Waals surface area contributed by atoms with Gasteiger partial charge in [0.05, 0.1) is 17.1 Å². The lowest BCUT2D eigenvalue weighted by atomic mass is 10.0. The van der Waals surface area contributed by atoms with E-state index in [1.54, 1.807) is 0 Å². The highest BCUT2D eigenvalue weighted by Gasteiger charge is 2.19. The monoisotopic (exact) mass is 297 g/mol. The van der Waals surface area contributed by atoms with Crippen LogP contribution in [0.4, 0.5) is 0 Å². The van der Waals surface area contributed by atoms with Gasteiger partial charge in [-0.3, -0.25) is 0 Å². The van der Waals surface area contributed by atoms with Crippen molar-refractivity contribution in [1.29, 1.82) is 0 Å². The average Bonchev–Trinajstić information content (AvgIpc) is 2.60. The molecular formula is C14H20ClN3S. The van der Waals surface area contributed by atoms with Gasteiger partial charge in [-0.15, -0.1) is 0 Å². The second-order valence-corrected chi connectivity index (χ2v) is 6.36. The molecule has 0 saturated carbocycles.